The van der Waals surface area contributed by atoms with Gasteiger partial charge in [-0.05, 0) is 29.8 Å². The fourth-order valence-corrected chi connectivity index (χ4v) is 1.53. The number of benzene rings is 1. The Labute approximate surface area is 99.6 Å². The zero-order valence-electron chi connectivity index (χ0n) is 9.30. The molecular weight excluding hydrogens is 216 g/mol. The maximum absolute atomic E-state index is 9.42. The molecule has 1 heterocycles. The molecule has 4 nitrogen and oxygen atoms in total. The summed E-state index contributed by atoms with van der Waals surface area (Å²) in [6.07, 6.45) is 3.52. The summed E-state index contributed by atoms with van der Waals surface area (Å²) in [5.41, 5.74) is 2.45. The van der Waals surface area contributed by atoms with Crippen LogP contribution in [-0.2, 0) is 13.2 Å². The van der Waals surface area contributed by atoms with Crippen molar-refractivity contribution in [1.82, 2.24) is 4.98 Å². The average Bonchev–Trinajstić information content (AvgIpc) is 2.39. The molecule has 0 amide bonds. The number of nitrogens with one attached hydrogen (secondary N) is 1. The minimum atomic E-state index is -0.172. The Morgan fingerprint density at radius 2 is 2.12 bits per heavy atom. The standard InChI is InChI=1S/C13H14N2O2/c16-9-11-6-12(3-4-13(11)17)15-8-10-2-1-5-14-7-10/h1-7,15-17H,8-9H2. The first-order valence-electron chi connectivity index (χ1n) is 5.35. The van der Waals surface area contributed by atoms with Crippen molar-refractivity contribution < 1.29 is 10.2 Å². The van der Waals surface area contributed by atoms with Gasteiger partial charge in [0.1, 0.15) is 5.75 Å². The van der Waals surface area contributed by atoms with Gasteiger partial charge in [0, 0.05) is 30.2 Å². The third-order valence-electron chi connectivity index (χ3n) is 2.47. The Kier molecular flexibility index (Phi) is 3.57. The molecule has 88 valence electrons. The normalized spacial score (nSPS) is 10.2. The minimum Gasteiger partial charge on any atom is -0.508 e. The van der Waals surface area contributed by atoms with Crippen LogP contribution < -0.4 is 5.32 Å². The van der Waals surface area contributed by atoms with Crippen LogP contribution in [0, 0.1) is 0 Å². The molecule has 0 bridgehead atoms. The van der Waals surface area contributed by atoms with Gasteiger partial charge < -0.3 is 15.5 Å². The molecule has 0 atom stereocenters. The molecule has 3 N–H and O–H groups in total. The van der Waals surface area contributed by atoms with E-state index in [9.17, 15) is 5.11 Å². The SMILES string of the molecule is OCc1cc(NCc2cccnc2)ccc1O. The Morgan fingerprint density at radius 3 is 2.82 bits per heavy atom. The molecule has 0 spiro atoms. The molecule has 0 saturated carbocycles. The number of aromatic hydroxyl groups is 1. The quantitative estimate of drug-likeness (QED) is 0.702. The Morgan fingerprint density at radius 1 is 1.24 bits per heavy atom. The molecule has 4 heteroatoms. The highest BCUT2D eigenvalue weighted by Crippen LogP contribution is 2.21. The summed E-state index contributed by atoms with van der Waals surface area (Å²) >= 11 is 0. The highest BCUT2D eigenvalue weighted by molar-refractivity contribution is 5.50. The Bertz CT molecular complexity index is 486. The van der Waals surface area contributed by atoms with Crippen molar-refractivity contribution in [3.05, 3.63) is 53.9 Å². The molecule has 0 aliphatic rings. The molecule has 1 aromatic heterocycles. The summed E-state index contributed by atoms with van der Waals surface area (Å²) in [7, 11) is 0. The van der Waals surface area contributed by atoms with Crippen LogP contribution in [0.1, 0.15) is 11.1 Å². The molecular formula is C13H14N2O2. The molecule has 0 aliphatic carbocycles. The fourth-order valence-electron chi connectivity index (χ4n) is 1.53. The van der Waals surface area contributed by atoms with Crippen molar-refractivity contribution >= 4 is 5.69 Å². The number of aromatic nitrogens is 1. The zero-order chi connectivity index (χ0) is 12.1. The van der Waals surface area contributed by atoms with Gasteiger partial charge in [0.2, 0.25) is 0 Å². The molecule has 0 radical (unpaired) electrons. The maximum Gasteiger partial charge on any atom is 0.121 e. The van der Waals surface area contributed by atoms with Crippen LogP contribution in [0.15, 0.2) is 42.7 Å². The van der Waals surface area contributed by atoms with Crippen molar-refractivity contribution in [3.8, 4) is 5.75 Å². The number of hydrogen-bond donors (Lipinski definition) is 3. The van der Waals surface area contributed by atoms with Crippen LogP contribution in [0.25, 0.3) is 0 Å². The van der Waals surface area contributed by atoms with Gasteiger partial charge in [-0.25, -0.2) is 0 Å². The Hall–Kier alpha value is -2.07. The van der Waals surface area contributed by atoms with Crippen molar-refractivity contribution in [1.29, 1.82) is 0 Å². The van der Waals surface area contributed by atoms with Crippen LogP contribution in [0.5, 0.6) is 5.75 Å². The maximum atomic E-state index is 9.42. The predicted octanol–water partition coefficient (Wildman–Crippen LogP) is 1.89. The minimum absolute atomic E-state index is 0.111. The smallest absolute Gasteiger partial charge is 0.121 e. The molecule has 0 aliphatic heterocycles. The number of anilines is 1. The van der Waals surface area contributed by atoms with E-state index in [0.29, 0.717) is 12.1 Å². The second-order valence-corrected chi connectivity index (χ2v) is 3.72. The Balaban J connectivity index is 2.04. The largest absolute Gasteiger partial charge is 0.508 e. The number of pyridine rings is 1. The number of nitrogens with zero attached hydrogens (tertiary/aromatic N) is 1. The van der Waals surface area contributed by atoms with Gasteiger partial charge in [0.15, 0.2) is 0 Å². The molecule has 0 saturated heterocycles. The number of aliphatic hydroxyl groups is 1. The third kappa shape index (κ3) is 2.95. The summed E-state index contributed by atoms with van der Waals surface area (Å²) in [4.78, 5) is 4.02. The summed E-state index contributed by atoms with van der Waals surface area (Å²) in [6.45, 7) is 0.484. The van der Waals surface area contributed by atoms with Crippen molar-refractivity contribution in [2.45, 2.75) is 13.2 Å². The summed E-state index contributed by atoms with van der Waals surface area (Å²) in [5.74, 6) is 0.111. The number of rotatable bonds is 4. The topological polar surface area (TPSA) is 65.4 Å². The first-order valence-corrected chi connectivity index (χ1v) is 5.35. The van der Waals surface area contributed by atoms with Gasteiger partial charge in [-0.3, -0.25) is 4.98 Å². The lowest BCUT2D eigenvalue weighted by atomic mass is 10.2. The van der Waals surface area contributed by atoms with E-state index in [2.05, 4.69) is 10.3 Å². The van der Waals surface area contributed by atoms with E-state index >= 15 is 0 Å². The van der Waals surface area contributed by atoms with E-state index in [1.807, 2.05) is 12.1 Å². The van der Waals surface area contributed by atoms with E-state index in [4.69, 9.17) is 5.11 Å². The van der Waals surface area contributed by atoms with Crippen LogP contribution >= 0.6 is 0 Å². The highest BCUT2D eigenvalue weighted by atomic mass is 16.3. The molecule has 2 rings (SSSR count). The van der Waals surface area contributed by atoms with E-state index in [1.165, 1.54) is 0 Å². The number of phenols is 1. The molecule has 0 fully saturated rings. The van der Waals surface area contributed by atoms with Crippen LogP contribution in [0.2, 0.25) is 0 Å². The lowest BCUT2D eigenvalue weighted by Crippen LogP contribution is -2.00. The fraction of sp³-hybridized carbons (Fsp3) is 0.154. The summed E-state index contributed by atoms with van der Waals surface area (Å²) < 4.78 is 0. The van der Waals surface area contributed by atoms with Crippen LogP contribution in [0.3, 0.4) is 0 Å². The highest BCUT2D eigenvalue weighted by Gasteiger charge is 2.01. The number of aliphatic hydroxyl groups excluding tert-OH is 1. The predicted molar refractivity (Wildman–Crippen MR) is 65.6 cm³/mol. The molecule has 17 heavy (non-hydrogen) atoms. The lowest BCUT2D eigenvalue weighted by Gasteiger charge is -2.08. The van der Waals surface area contributed by atoms with E-state index in [1.54, 1.807) is 30.6 Å². The number of hydrogen-bond acceptors (Lipinski definition) is 4. The first kappa shape index (κ1) is 11.4. The second-order valence-electron chi connectivity index (χ2n) is 3.72. The molecule has 1 aromatic carbocycles. The van der Waals surface area contributed by atoms with Crippen molar-refractivity contribution in [3.63, 3.8) is 0 Å². The lowest BCUT2D eigenvalue weighted by molar-refractivity contribution is 0.275. The van der Waals surface area contributed by atoms with Crippen LogP contribution in [-0.4, -0.2) is 15.2 Å². The van der Waals surface area contributed by atoms with E-state index in [-0.39, 0.29) is 12.4 Å². The van der Waals surface area contributed by atoms with Gasteiger partial charge in [0.05, 0.1) is 6.61 Å². The third-order valence-corrected chi connectivity index (χ3v) is 2.47. The van der Waals surface area contributed by atoms with Gasteiger partial charge >= 0.3 is 0 Å². The summed E-state index contributed by atoms with van der Waals surface area (Å²) in [5, 5.41) is 21.7. The van der Waals surface area contributed by atoms with Gasteiger partial charge in [-0.15, -0.1) is 0 Å². The molecule has 2 aromatic rings. The van der Waals surface area contributed by atoms with E-state index in [0.717, 1.165) is 11.3 Å². The molecule has 0 unspecified atom stereocenters. The van der Waals surface area contributed by atoms with Crippen LogP contribution in [0.4, 0.5) is 5.69 Å². The second kappa shape index (κ2) is 5.32. The van der Waals surface area contributed by atoms with E-state index < -0.39 is 0 Å². The van der Waals surface area contributed by atoms with Gasteiger partial charge in [-0.2, -0.15) is 0 Å². The monoisotopic (exact) mass is 230 g/mol. The van der Waals surface area contributed by atoms with Crippen molar-refractivity contribution in [2.75, 3.05) is 5.32 Å². The average molecular weight is 230 g/mol. The first-order chi connectivity index (χ1) is 8.29. The summed E-state index contributed by atoms with van der Waals surface area (Å²) in [6, 6.07) is 8.92. The van der Waals surface area contributed by atoms with Crippen molar-refractivity contribution in [2.24, 2.45) is 0 Å². The zero-order valence-corrected chi connectivity index (χ0v) is 9.30. The van der Waals surface area contributed by atoms with Gasteiger partial charge in [-0.1, -0.05) is 6.07 Å². The van der Waals surface area contributed by atoms with Gasteiger partial charge in [0.25, 0.3) is 0 Å².